The molecular weight excluding hydrogens is 445 g/mol. The van der Waals surface area contributed by atoms with Crippen molar-refractivity contribution in [3.05, 3.63) is 56.0 Å². The standard InChI is InChI=1S/C16H12BrClFN5O3/c17-9-1-2-10(15(19)14(9)18)23-16-8-5-12(24(25)26)13(27-4-3-20)6-11(8)21-7-22-16/h1-2,5-7H,3-4,20H2,(H,21,22,23). The van der Waals surface area contributed by atoms with Gasteiger partial charge in [0.05, 0.1) is 26.5 Å². The summed E-state index contributed by atoms with van der Waals surface area (Å²) in [6.07, 6.45) is 1.25. The molecule has 0 saturated carbocycles. The molecule has 0 bridgehead atoms. The Kier molecular flexibility index (Phi) is 5.68. The van der Waals surface area contributed by atoms with Gasteiger partial charge >= 0.3 is 5.69 Å². The fourth-order valence-corrected chi connectivity index (χ4v) is 2.82. The van der Waals surface area contributed by atoms with Crippen LogP contribution in [0.15, 0.2) is 35.1 Å². The molecule has 0 unspecified atom stereocenters. The number of fused-ring (bicyclic) bond motifs is 1. The summed E-state index contributed by atoms with van der Waals surface area (Å²) in [6.45, 7) is 0.320. The first-order valence-electron chi connectivity index (χ1n) is 7.59. The molecule has 0 spiro atoms. The predicted octanol–water partition coefficient (Wildman–Crippen LogP) is 4.17. The van der Waals surface area contributed by atoms with Gasteiger partial charge in [0.1, 0.15) is 18.8 Å². The summed E-state index contributed by atoms with van der Waals surface area (Å²) in [6, 6.07) is 5.72. The van der Waals surface area contributed by atoms with Gasteiger partial charge in [-0.25, -0.2) is 14.4 Å². The zero-order valence-corrected chi connectivity index (χ0v) is 15.9. The number of rotatable bonds is 6. The molecule has 8 nitrogen and oxygen atoms in total. The maximum absolute atomic E-state index is 14.4. The van der Waals surface area contributed by atoms with Gasteiger partial charge < -0.3 is 15.8 Å². The number of anilines is 2. The van der Waals surface area contributed by atoms with Gasteiger partial charge in [-0.3, -0.25) is 10.1 Å². The second kappa shape index (κ2) is 7.99. The van der Waals surface area contributed by atoms with Gasteiger partial charge in [-0.2, -0.15) is 0 Å². The number of nitrogens with zero attached hydrogens (tertiary/aromatic N) is 3. The minimum atomic E-state index is -0.685. The molecule has 27 heavy (non-hydrogen) atoms. The minimum Gasteiger partial charge on any atom is -0.485 e. The lowest BCUT2D eigenvalue weighted by atomic mass is 10.2. The number of benzene rings is 2. The van der Waals surface area contributed by atoms with Crippen molar-refractivity contribution < 1.29 is 14.1 Å². The molecule has 0 fully saturated rings. The first kappa shape index (κ1) is 19.2. The van der Waals surface area contributed by atoms with Crippen LogP contribution in [0.5, 0.6) is 5.75 Å². The molecule has 0 amide bonds. The maximum Gasteiger partial charge on any atom is 0.311 e. The third kappa shape index (κ3) is 3.92. The number of halogens is 3. The smallest absolute Gasteiger partial charge is 0.311 e. The first-order chi connectivity index (χ1) is 12.9. The highest BCUT2D eigenvalue weighted by atomic mass is 79.9. The molecule has 140 valence electrons. The lowest BCUT2D eigenvalue weighted by molar-refractivity contribution is -0.385. The van der Waals surface area contributed by atoms with Crippen LogP contribution < -0.4 is 15.8 Å². The molecule has 1 aromatic heterocycles. The number of nitrogens with one attached hydrogen (secondary N) is 1. The van der Waals surface area contributed by atoms with Gasteiger partial charge in [-0.1, -0.05) is 11.6 Å². The van der Waals surface area contributed by atoms with Crippen molar-refractivity contribution in [3.8, 4) is 5.75 Å². The van der Waals surface area contributed by atoms with E-state index in [-0.39, 0.29) is 41.1 Å². The average molecular weight is 457 g/mol. The van der Waals surface area contributed by atoms with E-state index in [0.717, 1.165) is 0 Å². The van der Waals surface area contributed by atoms with Gasteiger partial charge in [-0.05, 0) is 28.1 Å². The van der Waals surface area contributed by atoms with E-state index in [9.17, 15) is 14.5 Å². The molecule has 11 heteroatoms. The van der Waals surface area contributed by atoms with E-state index in [1.807, 2.05) is 0 Å². The van der Waals surface area contributed by atoms with Crippen LogP contribution in [0.25, 0.3) is 10.9 Å². The SMILES string of the molecule is NCCOc1cc2ncnc(Nc3ccc(Br)c(Cl)c3F)c2cc1[N+](=O)[O-]. The van der Waals surface area contributed by atoms with E-state index in [1.54, 1.807) is 6.07 Å². The Labute approximate surface area is 165 Å². The number of nitro benzene ring substituents is 1. The highest BCUT2D eigenvalue weighted by Crippen LogP contribution is 2.36. The lowest BCUT2D eigenvalue weighted by Gasteiger charge is -2.12. The largest absolute Gasteiger partial charge is 0.485 e. The highest BCUT2D eigenvalue weighted by molar-refractivity contribution is 9.10. The van der Waals surface area contributed by atoms with Crippen LogP contribution in [-0.2, 0) is 0 Å². The third-order valence-corrected chi connectivity index (χ3v) is 4.84. The van der Waals surface area contributed by atoms with Gasteiger partial charge in [0.2, 0.25) is 0 Å². The molecule has 0 atom stereocenters. The Morgan fingerprint density at radius 2 is 2.15 bits per heavy atom. The van der Waals surface area contributed by atoms with E-state index in [2.05, 4.69) is 31.2 Å². The van der Waals surface area contributed by atoms with Gasteiger partial charge in [0, 0.05) is 23.2 Å². The minimum absolute atomic E-state index is 0.0421. The van der Waals surface area contributed by atoms with Crippen LogP contribution in [0.2, 0.25) is 5.02 Å². The number of aromatic nitrogens is 2. The number of nitro groups is 1. The highest BCUT2D eigenvalue weighted by Gasteiger charge is 2.20. The maximum atomic E-state index is 14.4. The van der Waals surface area contributed by atoms with Crippen LogP contribution in [0.3, 0.4) is 0 Å². The number of hydrogen-bond acceptors (Lipinski definition) is 7. The monoisotopic (exact) mass is 455 g/mol. The molecule has 3 rings (SSSR count). The lowest BCUT2D eigenvalue weighted by Crippen LogP contribution is -2.11. The van der Waals surface area contributed by atoms with Crippen molar-refractivity contribution in [2.75, 3.05) is 18.5 Å². The van der Waals surface area contributed by atoms with Gasteiger partial charge in [0.15, 0.2) is 11.6 Å². The fourth-order valence-electron chi connectivity index (χ4n) is 2.35. The molecule has 0 aliphatic heterocycles. The zero-order valence-electron chi connectivity index (χ0n) is 13.6. The summed E-state index contributed by atoms with van der Waals surface area (Å²) in [5.41, 5.74) is 5.55. The van der Waals surface area contributed by atoms with Crippen LogP contribution >= 0.6 is 27.5 Å². The van der Waals surface area contributed by atoms with Crippen molar-refractivity contribution in [2.24, 2.45) is 5.73 Å². The molecule has 3 N–H and O–H groups in total. The van der Waals surface area contributed by atoms with Gasteiger partial charge in [0.25, 0.3) is 0 Å². The predicted molar refractivity (Wildman–Crippen MR) is 103 cm³/mol. The summed E-state index contributed by atoms with van der Waals surface area (Å²) in [7, 11) is 0. The Hall–Kier alpha value is -2.56. The molecule has 0 aliphatic carbocycles. The molecular formula is C16H12BrClFN5O3. The van der Waals surface area contributed by atoms with Crippen LogP contribution in [-0.4, -0.2) is 28.0 Å². The van der Waals surface area contributed by atoms with Crippen molar-refractivity contribution in [3.63, 3.8) is 0 Å². The molecule has 0 saturated heterocycles. The molecule has 3 aromatic rings. The molecule has 1 heterocycles. The molecule has 2 aromatic carbocycles. The molecule has 0 aliphatic rings. The number of ether oxygens (including phenoxy) is 1. The summed E-state index contributed by atoms with van der Waals surface area (Å²) in [4.78, 5) is 19.0. The van der Waals surface area contributed by atoms with E-state index in [1.165, 1.54) is 24.5 Å². The Morgan fingerprint density at radius 3 is 2.85 bits per heavy atom. The van der Waals surface area contributed by atoms with E-state index < -0.39 is 10.7 Å². The number of hydrogen-bond donors (Lipinski definition) is 2. The second-order valence-corrected chi connectivity index (χ2v) is 6.53. The summed E-state index contributed by atoms with van der Waals surface area (Å²) < 4.78 is 20.1. The summed E-state index contributed by atoms with van der Waals surface area (Å²) in [5, 5.41) is 14.4. The van der Waals surface area contributed by atoms with Gasteiger partial charge in [-0.15, -0.1) is 0 Å². The Balaban J connectivity index is 2.10. The quantitative estimate of drug-likeness (QED) is 0.325. The van der Waals surface area contributed by atoms with Crippen LogP contribution in [0.4, 0.5) is 21.6 Å². The normalized spacial score (nSPS) is 10.8. The first-order valence-corrected chi connectivity index (χ1v) is 8.76. The fraction of sp³-hybridized carbons (Fsp3) is 0.125. The topological polar surface area (TPSA) is 116 Å². The van der Waals surface area contributed by atoms with E-state index >= 15 is 0 Å². The van der Waals surface area contributed by atoms with Crippen LogP contribution in [0, 0.1) is 15.9 Å². The van der Waals surface area contributed by atoms with Crippen molar-refractivity contribution in [1.29, 1.82) is 0 Å². The number of nitrogens with two attached hydrogens (primary N) is 1. The van der Waals surface area contributed by atoms with Crippen LogP contribution in [0.1, 0.15) is 0 Å². The molecule has 0 radical (unpaired) electrons. The average Bonchev–Trinajstić information content (AvgIpc) is 2.66. The zero-order chi connectivity index (χ0) is 19.6. The third-order valence-electron chi connectivity index (χ3n) is 3.58. The van der Waals surface area contributed by atoms with E-state index in [4.69, 9.17) is 22.1 Å². The Bertz CT molecular complexity index is 1040. The summed E-state index contributed by atoms with van der Waals surface area (Å²) in [5.74, 6) is -0.457. The van der Waals surface area contributed by atoms with Crippen molar-refractivity contribution in [1.82, 2.24) is 9.97 Å². The van der Waals surface area contributed by atoms with E-state index in [0.29, 0.717) is 15.4 Å². The van der Waals surface area contributed by atoms with Crippen molar-refractivity contribution in [2.45, 2.75) is 0 Å². The summed E-state index contributed by atoms with van der Waals surface area (Å²) >= 11 is 9.03. The van der Waals surface area contributed by atoms with Crippen molar-refractivity contribution >= 4 is 55.6 Å². The Morgan fingerprint density at radius 1 is 1.37 bits per heavy atom. The second-order valence-electron chi connectivity index (χ2n) is 5.30.